The van der Waals surface area contributed by atoms with E-state index >= 15 is 0 Å². The number of aromatic nitrogens is 1. The zero-order valence-corrected chi connectivity index (χ0v) is 14.7. The Balaban J connectivity index is 1.96. The number of rotatable bonds is 5. The molecule has 0 spiro atoms. The number of pyridine rings is 1. The summed E-state index contributed by atoms with van der Waals surface area (Å²) in [6.07, 6.45) is 3.76. The molecule has 3 N–H and O–H groups in total. The van der Waals surface area contributed by atoms with Crippen LogP contribution in [0.15, 0.2) is 41.4 Å². The van der Waals surface area contributed by atoms with Gasteiger partial charge in [-0.15, -0.1) is 0 Å². The lowest BCUT2D eigenvalue weighted by atomic mass is 10.1. The Morgan fingerprint density at radius 3 is 2.64 bits per heavy atom. The Hall–Kier alpha value is -2.61. The van der Waals surface area contributed by atoms with Crippen molar-refractivity contribution < 1.29 is 13.2 Å². The molecule has 0 aliphatic carbocycles. The van der Waals surface area contributed by atoms with Crippen molar-refractivity contribution in [3.8, 4) is 0 Å². The maximum absolute atomic E-state index is 12.8. The third-order valence-electron chi connectivity index (χ3n) is 4.08. The third kappa shape index (κ3) is 3.74. The molecule has 1 fully saturated rings. The van der Waals surface area contributed by atoms with Crippen molar-refractivity contribution in [1.29, 1.82) is 0 Å². The Morgan fingerprint density at radius 1 is 1.24 bits per heavy atom. The summed E-state index contributed by atoms with van der Waals surface area (Å²) in [5, 5.41) is 0. The minimum atomic E-state index is -3.87. The number of anilines is 2. The van der Waals surface area contributed by atoms with Crippen LogP contribution < -0.4 is 15.4 Å². The predicted octanol–water partition coefficient (Wildman–Crippen LogP) is 1.89. The highest BCUT2D eigenvalue weighted by Gasteiger charge is 2.22. The minimum Gasteiger partial charge on any atom is -0.366 e. The number of carbonyl (C=O) groups is 1. The van der Waals surface area contributed by atoms with Gasteiger partial charge in [-0.05, 0) is 55.7 Å². The van der Waals surface area contributed by atoms with Crippen LogP contribution in [0.2, 0.25) is 0 Å². The summed E-state index contributed by atoms with van der Waals surface area (Å²) in [5.74, 6) is -0.0503. The molecular formula is C17H20N4O3S. The fraction of sp³-hybridized carbons (Fsp3) is 0.294. The van der Waals surface area contributed by atoms with Gasteiger partial charge in [-0.3, -0.25) is 9.52 Å². The van der Waals surface area contributed by atoms with Gasteiger partial charge in [-0.1, -0.05) is 0 Å². The highest BCUT2D eigenvalue weighted by Crippen LogP contribution is 2.28. The van der Waals surface area contributed by atoms with Crippen LogP contribution in [0.5, 0.6) is 0 Å². The fourth-order valence-corrected chi connectivity index (χ4v) is 4.10. The van der Waals surface area contributed by atoms with Gasteiger partial charge in [0.15, 0.2) is 5.82 Å². The average Bonchev–Trinajstić information content (AvgIpc) is 3.08. The van der Waals surface area contributed by atoms with Gasteiger partial charge in [-0.2, -0.15) is 0 Å². The molecular weight excluding hydrogens is 340 g/mol. The Morgan fingerprint density at radius 2 is 1.96 bits per heavy atom. The molecule has 8 heteroatoms. The fourth-order valence-electron chi connectivity index (χ4n) is 2.91. The van der Waals surface area contributed by atoms with E-state index in [2.05, 4.69) is 14.6 Å². The normalized spacial score (nSPS) is 14.5. The lowest BCUT2D eigenvalue weighted by Crippen LogP contribution is -2.22. The predicted molar refractivity (Wildman–Crippen MR) is 96.2 cm³/mol. The molecule has 3 rings (SSSR count). The van der Waals surface area contributed by atoms with E-state index in [9.17, 15) is 13.2 Å². The Kier molecular flexibility index (Phi) is 4.63. The molecule has 0 atom stereocenters. The first kappa shape index (κ1) is 17.2. The monoisotopic (exact) mass is 360 g/mol. The first-order valence-electron chi connectivity index (χ1n) is 8.01. The first-order chi connectivity index (χ1) is 11.9. The van der Waals surface area contributed by atoms with Crippen molar-refractivity contribution in [2.45, 2.75) is 24.7 Å². The first-order valence-corrected chi connectivity index (χ1v) is 9.49. The highest BCUT2D eigenvalue weighted by atomic mass is 32.2. The van der Waals surface area contributed by atoms with Crippen molar-refractivity contribution in [1.82, 2.24) is 4.98 Å². The molecule has 0 bridgehead atoms. The van der Waals surface area contributed by atoms with E-state index in [4.69, 9.17) is 5.73 Å². The van der Waals surface area contributed by atoms with Crippen LogP contribution in [0.1, 0.15) is 28.8 Å². The quantitative estimate of drug-likeness (QED) is 0.847. The van der Waals surface area contributed by atoms with Crippen LogP contribution in [0.25, 0.3) is 0 Å². The smallest absolute Gasteiger partial charge is 0.262 e. The lowest BCUT2D eigenvalue weighted by molar-refractivity contribution is 0.1000. The average molecular weight is 360 g/mol. The SMILES string of the molecule is Cc1cc(C(N)=O)cc(S(=O)(=O)Nc2cccnc2N2CCCC2)c1. The van der Waals surface area contributed by atoms with Gasteiger partial charge in [0.05, 0.1) is 10.6 Å². The summed E-state index contributed by atoms with van der Waals surface area (Å²) >= 11 is 0. The van der Waals surface area contributed by atoms with E-state index in [-0.39, 0.29) is 10.5 Å². The molecule has 2 aromatic rings. The summed E-state index contributed by atoms with van der Waals surface area (Å²) < 4.78 is 28.2. The van der Waals surface area contributed by atoms with E-state index in [0.29, 0.717) is 17.1 Å². The number of benzene rings is 1. The zero-order valence-electron chi connectivity index (χ0n) is 13.9. The van der Waals surface area contributed by atoms with Crippen LogP contribution in [-0.2, 0) is 10.0 Å². The van der Waals surface area contributed by atoms with Crippen LogP contribution >= 0.6 is 0 Å². The van der Waals surface area contributed by atoms with E-state index in [1.54, 1.807) is 31.3 Å². The third-order valence-corrected chi connectivity index (χ3v) is 5.43. The maximum atomic E-state index is 12.8. The molecule has 1 amide bonds. The lowest BCUT2D eigenvalue weighted by Gasteiger charge is -2.20. The second kappa shape index (κ2) is 6.72. The number of sulfonamides is 1. The number of amides is 1. The maximum Gasteiger partial charge on any atom is 0.262 e. The van der Waals surface area contributed by atoms with E-state index in [1.165, 1.54) is 12.1 Å². The molecule has 0 unspecified atom stereocenters. The number of aryl methyl sites for hydroxylation is 1. The van der Waals surface area contributed by atoms with Gasteiger partial charge in [0.25, 0.3) is 10.0 Å². The largest absolute Gasteiger partial charge is 0.366 e. The molecule has 25 heavy (non-hydrogen) atoms. The summed E-state index contributed by atoms with van der Waals surface area (Å²) in [7, 11) is -3.87. The minimum absolute atomic E-state index is 0.00229. The van der Waals surface area contributed by atoms with Crippen molar-refractivity contribution in [3.05, 3.63) is 47.7 Å². The molecule has 0 radical (unpaired) electrons. The Labute approximate surface area is 146 Å². The molecule has 132 valence electrons. The molecule has 1 aliphatic heterocycles. The number of nitrogens with one attached hydrogen (secondary N) is 1. The van der Waals surface area contributed by atoms with Crippen molar-refractivity contribution in [2.75, 3.05) is 22.7 Å². The number of nitrogens with zero attached hydrogens (tertiary/aromatic N) is 2. The number of hydrogen-bond donors (Lipinski definition) is 2. The molecule has 0 saturated carbocycles. The van der Waals surface area contributed by atoms with Crippen molar-refractivity contribution in [3.63, 3.8) is 0 Å². The second-order valence-corrected chi connectivity index (χ2v) is 7.76. The van der Waals surface area contributed by atoms with Crippen molar-refractivity contribution in [2.24, 2.45) is 5.73 Å². The number of primary amides is 1. The number of nitrogens with two attached hydrogens (primary N) is 1. The van der Waals surface area contributed by atoms with Gasteiger partial charge >= 0.3 is 0 Å². The molecule has 1 aromatic heterocycles. The van der Waals surface area contributed by atoms with Gasteiger partial charge < -0.3 is 10.6 Å². The molecule has 1 aromatic carbocycles. The van der Waals surface area contributed by atoms with Crippen LogP contribution in [0.3, 0.4) is 0 Å². The van der Waals surface area contributed by atoms with Gasteiger partial charge in [-0.25, -0.2) is 13.4 Å². The summed E-state index contributed by atoms with van der Waals surface area (Å²) in [6.45, 7) is 3.41. The van der Waals surface area contributed by atoms with Crippen LogP contribution in [-0.4, -0.2) is 32.4 Å². The van der Waals surface area contributed by atoms with E-state index in [0.717, 1.165) is 25.9 Å². The summed E-state index contributed by atoms with van der Waals surface area (Å²) in [6, 6.07) is 7.71. The standard InChI is InChI=1S/C17H20N4O3S/c1-12-9-13(16(18)22)11-14(10-12)25(23,24)20-15-5-4-6-19-17(15)21-7-2-3-8-21/h4-6,9-11,20H,2-3,7-8H2,1H3,(H2,18,22). The second-order valence-electron chi connectivity index (χ2n) is 6.07. The zero-order chi connectivity index (χ0) is 18.0. The topological polar surface area (TPSA) is 105 Å². The molecule has 1 saturated heterocycles. The number of carbonyl (C=O) groups excluding carboxylic acids is 1. The van der Waals surface area contributed by atoms with Gasteiger partial charge in [0.1, 0.15) is 0 Å². The number of hydrogen-bond acceptors (Lipinski definition) is 5. The van der Waals surface area contributed by atoms with Crippen LogP contribution in [0, 0.1) is 6.92 Å². The van der Waals surface area contributed by atoms with Gasteiger partial charge in [0.2, 0.25) is 5.91 Å². The van der Waals surface area contributed by atoms with E-state index in [1.807, 2.05) is 0 Å². The van der Waals surface area contributed by atoms with Crippen LogP contribution in [0.4, 0.5) is 11.5 Å². The summed E-state index contributed by atoms with van der Waals surface area (Å²) in [5.41, 5.74) is 6.51. The summed E-state index contributed by atoms with van der Waals surface area (Å²) in [4.78, 5) is 17.8. The van der Waals surface area contributed by atoms with Crippen molar-refractivity contribution >= 4 is 27.4 Å². The molecule has 2 heterocycles. The molecule has 7 nitrogen and oxygen atoms in total. The highest BCUT2D eigenvalue weighted by molar-refractivity contribution is 7.92. The molecule has 1 aliphatic rings. The Bertz CT molecular complexity index is 906. The van der Waals surface area contributed by atoms with E-state index < -0.39 is 15.9 Å². The van der Waals surface area contributed by atoms with Gasteiger partial charge in [0, 0.05) is 24.8 Å².